The maximum atomic E-state index is 13.1. The fourth-order valence-electron chi connectivity index (χ4n) is 4.83. The molecule has 0 radical (unpaired) electrons. The summed E-state index contributed by atoms with van der Waals surface area (Å²) >= 11 is 0. The lowest BCUT2D eigenvalue weighted by molar-refractivity contribution is 0.0612. The molecule has 6 nitrogen and oxygen atoms in total. The predicted octanol–water partition coefficient (Wildman–Crippen LogP) is 4.50. The molecular formula is C27H30N2O4. The van der Waals surface area contributed by atoms with Gasteiger partial charge < -0.3 is 24.5 Å². The number of amides is 1. The van der Waals surface area contributed by atoms with E-state index in [-0.39, 0.29) is 17.9 Å². The van der Waals surface area contributed by atoms with Crippen LogP contribution in [-0.4, -0.2) is 30.5 Å². The van der Waals surface area contributed by atoms with E-state index in [4.69, 9.17) is 19.6 Å². The molecule has 33 heavy (non-hydrogen) atoms. The number of aryl methyl sites for hydroxylation is 2. The fraction of sp³-hybridized carbons (Fsp3) is 0.370. The highest BCUT2D eigenvalue weighted by molar-refractivity contribution is 5.91. The van der Waals surface area contributed by atoms with Crippen LogP contribution in [-0.2, 0) is 18.6 Å². The first-order valence-corrected chi connectivity index (χ1v) is 11.5. The first-order valence-electron chi connectivity index (χ1n) is 11.5. The normalized spacial score (nSPS) is 16.5. The van der Waals surface area contributed by atoms with Gasteiger partial charge >= 0.3 is 0 Å². The largest absolute Gasteiger partial charge is 0.492 e. The van der Waals surface area contributed by atoms with Gasteiger partial charge in [0.2, 0.25) is 0 Å². The molecule has 0 aliphatic carbocycles. The van der Waals surface area contributed by atoms with Gasteiger partial charge in [0, 0.05) is 30.6 Å². The van der Waals surface area contributed by atoms with Crippen LogP contribution in [0.25, 0.3) is 0 Å². The monoisotopic (exact) mass is 446 g/mol. The SMILES string of the molecule is Cc1ccc(C)c(OCc2ccc(C(=O)N3CCC4(CC3)COc3ccc(CN)cc34)o2)c1. The number of likely N-dealkylation sites (tertiary alicyclic amines) is 1. The van der Waals surface area contributed by atoms with E-state index in [0.29, 0.717) is 37.8 Å². The number of nitrogens with zero attached hydrogens (tertiary/aromatic N) is 1. The van der Waals surface area contributed by atoms with Crippen molar-refractivity contribution in [1.82, 2.24) is 4.90 Å². The smallest absolute Gasteiger partial charge is 0.289 e. The number of benzene rings is 2. The van der Waals surface area contributed by atoms with Crippen LogP contribution >= 0.6 is 0 Å². The van der Waals surface area contributed by atoms with Gasteiger partial charge in [-0.3, -0.25) is 4.79 Å². The van der Waals surface area contributed by atoms with Gasteiger partial charge in [-0.2, -0.15) is 0 Å². The fourth-order valence-corrected chi connectivity index (χ4v) is 4.83. The van der Waals surface area contributed by atoms with Crippen molar-refractivity contribution < 1.29 is 18.7 Å². The van der Waals surface area contributed by atoms with Crippen molar-refractivity contribution in [2.24, 2.45) is 5.73 Å². The lowest BCUT2D eigenvalue weighted by Gasteiger charge is -2.38. The second-order valence-corrected chi connectivity index (χ2v) is 9.22. The molecule has 0 bridgehead atoms. The Bertz CT molecular complexity index is 1170. The highest BCUT2D eigenvalue weighted by Crippen LogP contribution is 2.46. The molecule has 0 atom stereocenters. The van der Waals surface area contributed by atoms with Crippen LogP contribution in [0.5, 0.6) is 11.5 Å². The quantitative estimate of drug-likeness (QED) is 0.624. The second kappa shape index (κ2) is 8.60. The zero-order chi connectivity index (χ0) is 23.0. The van der Waals surface area contributed by atoms with E-state index in [9.17, 15) is 4.79 Å². The molecule has 1 saturated heterocycles. The van der Waals surface area contributed by atoms with Crippen LogP contribution in [0, 0.1) is 13.8 Å². The molecule has 3 aromatic rings. The van der Waals surface area contributed by atoms with E-state index < -0.39 is 0 Å². The zero-order valence-corrected chi connectivity index (χ0v) is 19.2. The summed E-state index contributed by atoms with van der Waals surface area (Å²) in [6.45, 7) is 6.86. The molecular weight excluding hydrogens is 416 g/mol. The number of hydrogen-bond acceptors (Lipinski definition) is 5. The number of carbonyl (C=O) groups excluding carboxylic acids is 1. The van der Waals surface area contributed by atoms with Crippen molar-refractivity contribution in [3.8, 4) is 11.5 Å². The van der Waals surface area contributed by atoms with Gasteiger partial charge in [-0.25, -0.2) is 0 Å². The summed E-state index contributed by atoms with van der Waals surface area (Å²) in [5, 5.41) is 0. The van der Waals surface area contributed by atoms with Crippen molar-refractivity contribution >= 4 is 5.91 Å². The second-order valence-electron chi connectivity index (χ2n) is 9.22. The Balaban J connectivity index is 1.22. The van der Waals surface area contributed by atoms with Gasteiger partial charge in [0.05, 0.1) is 6.61 Å². The zero-order valence-electron chi connectivity index (χ0n) is 19.2. The number of carbonyl (C=O) groups is 1. The Morgan fingerprint density at radius 1 is 1.09 bits per heavy atom. The minimum Gasteiger partial charge on any atom is -0.492 e. The van der Waals surface area contributed by atoms with Crippen molar-refractivity contribution in [3.63, 3.8) is 0 Å². The van der Waals surface area contributed by atoms with Gasteiger partial charge in [-0.05, 0) is 67.6 Å². The van der Waals surface area contributed by atoms with E-state index in [1.165, 1.54) is 5.56 Å². The summed E-state index contributed by atoms with van der Waals surface area (Å²) in [6.07, 6.45) is 1.73. The first kappa shape index (κ1) is 21.6. The van der Waals surface area contributed by atoms with Crippen molar-refractivity contribution in [2.45, 2.75) is 45.3 Å². The number of rotatable bonds is 5. The number of furan rings is 1. The molecule has 1 amide bonds. The average Bonchev–Trinajstić information content (AvgIpc) is 3.45. The van der Waals surface area contributed by atoms with E-state index >= 15 is 0 Å². The maximum Gasteiger partial charge on any atom is 0.289 e. The molecule has 2 aromatic carbocycles. The number of ether oxygens (including phenoxy) is 2. The highest BCUT2D eigenvalue weighted by atomic mass is 16.5. The van der Waals surface area contributed by atoms with Gasteiger partial charge in [0.1, 0.15) is 23.9 Å². The lowest BCUT2D eigenvalue weighted by Crippen LogP contribution is -2.46. The Labute approximate surface area is 194 Å². The number of hydrogen-bond donors (Lipinski definition) is 1. The Kier molecular flexibility index (Phi) is 5.62. The van der Waals surface area contributed by atoms with Gasteiger partial charge in [0.25, 0.3) is 5.91 Å². The Morgan fingerprint density at radius 2 is 1.91 bits per heavy atom. The lowest BCUT2D eigenvalue weighted by atomic mass is 9.74. The summed E-state index contributed by atoms with van der Waals surface area (Å²) in [7, 11) is 0. The molecule has 0 unspecified atom stereocenters. The van der Waals surface area contributed by atoms with E-state index in [1.807, 2.05) is 49.1 Å². The molecule has 1 spiro atoms. The third-order valence-electron chi connectivity index (χ3n) is 6.95. The van der Waals surface area contributed by atoms with Crippen LogP contribution in [0.1, 0.15) is 51.4 Å². The average molecular weight is 447 g/mol. The molecule has 5 rings (SSSR count). The van der Waals surface area contributed by atoms with Crippen LogP contribution < -0.4 is 15.2 Å². The van der Waals surface area contributed by atoms with Crippen LogP contribution in [0.3, 0.4) is 0 Å². The summed E-state index contributed by atoms with van der Waals surface area (Å²) in [4.78, 5) is 15.0. The van der Waals surface area contributed by atoms with E-state index in [2.05, 4.69) is 12.1 Å². The van der Waals surface area contributed by atoms with Gasteiger partial charge in [0.15, 0.2) is 5.76 Å². The minimum atomic E-state index is -0.0716. The topological polar surface area (TPSA) is 77.9 Å². The molecule has 2 N–H and O–H groups in total. The van der Waals surface area contributed by atoms with Gasteiger partial charge in [-0.15, -0.1) is 0 Å². The molecule has 1 aromatic heterocycles. The van der Waals surface area contributed by atoms with Crippen molar-refractivity contribution in [1.29, 1.82) is 0 Å². The molecule has 172 valence electrons. The number of fused-ring (bicyclic) bond motifs is 2. The Hall–Kier alpha value is -3.25. The van der Waals surface area contributed by atoms with Crippen molar-refractivity contribution in [2.75, 3.05) is 19.7 Å². The van der Waals surface area contributed by atoms with Crippen LogP contribution in [0.4, 0.5) is 0 Å². The first-order chi connectivity index (χ1) is 16.0. The van der Waals surface area contributed by atoms with E-state index in [1.54, 1.807) is 6.07 Å². The molecule has 6 heteroatoms. The molecule has 2 aliphatic heterocycles. The highest BCUT2D eigenvalue weighted by Gasteiger charge is 2.44. The molecule has 3 heterocycles. The summed E-state index contributed by atoms with van der Waals surface area (Å²) < 4.78 is 17.7. The molecule has 1 fully saturated rings. The Morgan fingerprint density at radius 3 is 2.70 bits per heavy atom. The molecule has 2 aliphatic rings. The van der Waals surface area contributed by atoms with Crippen LogP contribution in [0.2, 0.25) is 0 Å². The molecule has 0 saturated carbocycles. The van der Waals surface area contributed by atoms with Gasteiger partial charge in [-0.1, -0.05) is 24.3 Å². The number of nitrogens with two attached hydrogens (primary N) is 1. The van der Waals surface area contributed by atoms with E-state index in [0.717, 1.165) is 41.0 Å². The number of piperidine rings is 1. The van der Waals surface area contributed by atoms with Crippen molar-refractivity contribution in [3.05, 3.63) is 82.3 Å². The maximum absolute atomic E-state index is 13.1. The summed E-state index contributed by atoms with van der Waals surface area (Å²) in [5.74, 6) is 2.71. The summed E-state index contributed by atoms with van der Waals surface area (Å²) in [5.41, 5.74) is 10.4. The standard InChI is InChI=1S/C27H30N2O4/c1-18-3-4-19(2)25(13-18)31-16-21-6-8-24(33-21)26(30)29-11-9-27(10-12-29)17-32-23-7-5-20(15-28)14-22(23)27/h3-8,13-14H,9-12,15-17,28H2,1-2H3. The third-order valence-corrected chi connectivity index (χ3v) is 6.95. The van der Waals surface area contributed by atoms with Crippen LogP contribution in [0.15, 0.2) is 52.9 Å². The third kappa shape index (κ3) is 4.11. The summed E-state index contributed by atoms with van der Waals surface area (Å²) in [6, 6.07) is 15.9. The predicted molar refractivity (Wildman–Crippen MR) is 126 cm³/mol. The minimum absolute atomic E-state index is 0.0366.